The molecule has 1 heteroatoms. The maximum Gasteiger partial charge on any atom is 0.0462 e. The smallest absolute Gasteiger partial charge is 0.0462 e. The summed E-state index contributed by atoms with van der Waals surface area (Å²) >= 11 is 0. The van der Waals surface area contributed by atoms with Crippen LogP contribution in [0.25, 0.3) is 0 Å². The minimum Gasteiger partial charge on any atom is -0.396 e. The van der Waals surface area contributed by atoms with Crippen LogP contribution in [0.15, 0.2) is 0 Å². The third kappa shape index (κ3) is 3.10. The Morgan fingerprint density at radius 1 is 0.742 bits per heavy atom. The lowest BCUT2D eigenvalue weighted by Gasteiger charge is -2.58. The Morgan fingerprint density at radius 2 is 1.39 bits per heavy atom. The van der Waals surface area contributed by atoms with Crippen LogP contribution in [-0.4, -0.2) is 11.7 Å². The average molecular weight is 429 g/mol. The Balaban J connectivity index is 1.33. The molecule has 0 radical (unpaired) electrons. The fraction of sp³-hybridized carbons (Fsp3) is 1.00. The van der Waals surface area contributed by atoms with Gasteiger partial charge in [0.05, 0.1) is 0 Å². The van der Waals surface area contributed by atoms with Crippen molar-refractivity contribution in [3.63, 3.8) is 0 Å². The van der Waals surface area contributed by atoms with E-state index in [2.05, 4.69) is 48.5 Å². The Kier molecular flexibility index (Phi) is 5.49. The maximum absolute atomic E-state index is 9.98. The topological polar surface area (TPSA) is 20.2 Å². The second kappa shape index (κ2) is 7.48. The highest BCUT2D eigenvalue weighted by Gasteiger charge is 2.64. The lowest BCUT2D eigenvalue weighted by atomic mass is 9.46. The standard InChI is InChI=1S/C30H52O/c1-18(2)20(4)30(7)16-27(30)19(3)23-10-11-25-22-8-9-24-21(17-31)12-14-29(24,6)26(22)13-15-28(23,25)5/h18-27,31H,8-17H2,1-7H3/t19-,20+,21+,22-,23+,24-,25-,26-,27+,28+,29-,30+/m0/s1. The lowest BCUT2D eigenvalue weighted by molar-refractivity contribution is -0.0987. The molecule has 1 N–H and O–H groups in total. The Morgan fingerprint density at radius 3 is 2.06 bits per heavy atom. The van der Waals surface area contributed by atoms with Crippen LogP contribution in [0.2, 0.25) is 0 Å². The molecule has 0 spiro atoms. The molecule has 178 valence electrons. The lowest BCUT2D eigenvalue weighted by Crippen LogP contribution is -2.51. The Labute approximate surface area is 193 Å². The molecular formula is C30H52O. The van der Waals surface area contributed by atoms with Crippen molar-refractivity contribution in [1.82, 2.24) is 0 Å². The minimum absolute atomic E-state index is 0.438. The van der Waals surface area contributed by atoms with Crippen LogP contribution in [0.4, 0.5) is 0 Å². The summed E-state index contributed by atoms with van der Waals surface area (Å²) in [5.74, 6) is 8.84. The highest BCUT2D eigenvalue weighted by molar-refractivity contribution is 5.13. The maximum atomic E-state index is 9.98. The van der Waals surface area contributed by atoms with Crippen LogP contribution in [0, 0.1) is 75.4 Å². The zero-order chi connectivity index (χ0) is 22.3. The molecule has 0 aromatic rings. The molecular weight excluding hydrogens is 376 g/mol. The fourth-order valence-corrected chi connectivity index (χ4v) is 11.2. The molecule has 31 heavy (non-hydrogen) atoms. The van der Waals surface area contributed by atoms with Gasteiger partial charge in [0, 0.05) is 6.61 Å². The molecule has 0 aliphatic heterocycles. The molecule has 0 saturated heterocycles. The number of hydrogen-bond acceptors (Lipinski definition) is 1. The summed E-state index contributed by atoms with van der Waals surface area (Å²) in [6.45, 7) is 18.5. The van der Waals surface area contributed by atoms with Gasteiger partial charge in [0.25, 0.3) is 0 Å². The van der Waals surface area contributed by atoms with Gasteiger partial charge in [0.1, 0.15) is 0 Å². The van der Waals surface area contributed by atoms with Gasteiger partial charge < -0.3 is 5.11 Å². The van der Waals surface area contributed by atoms with Gasteiger partial charge in [0.2, 0.25) is 0 Å². The van der Waals surface area contributed by atoms with E-state index < -0.39 is 0 Å². The minimum atomic E-state index is 0.438. The van der Waals surface area contributed by atoms with Crippen LogP contribution in [0.3, 0.4) is 0 Å². The molecule has 0 bridgehead atoms. The SMILES string of the molecule is CC(C)[C@@H](C)[C@@]1(C)C[C@@H]1[C@@H](C)[C@H]1CC[C@H]2[C@@H]3CC[C@H]4[C@@H](CO)CC[C@]4(C)[C@H]3CC[C@]12C. The van der Waals surface area contributed by atoms with Crippen molar-refractivity contribution in [3.8, 4) is 0 Å². The highest BCUT2D eigenvalue weighted by atomic mass is 16.3. The summed E-state index contributed by atoms with van der Waals surface area (Å²) in [5.41, 5.74) is 1.74. The number of aliphatic hydroxyl groups excluding tert-OH is 1. The van der Waals surface area contributed by atoms with Gasteiger partial charge in [-0.15, -0.1) is 0 Å². The van der Waals surface area contributed by atoms with Gasteiger partial charge in [0.15, 0.2) is 0 Å². The van der Waals surface area contributed by atoms with Gasteiger partial charge >= 0.3 is 0 Å². The first-order valence-corrected chi connectivity index (χ1v) is 14.2. The van der Waals surface area contributed by atoms with Crippen molar-refractivity contribution in [3.05, 3.63) is 0 Å². The zero-order valence-corrected chi connectivity index (χ0v) is 21.8. The third-order valence-electron chi connectivity index (χ3n) is 13.5. The van der Waals surface area contributed by atoms with E-state index in [1.165, 1.54) is 57.8 Å². The van der Waals surface area contributed by atoms with Crippen molar-refractivity contribution in [1.29, 1.82) is 0 Å². The molecule has 0 amide bonds. The predicted octanol–water partition coefficient (Wildman–Crippen LogP) is 7.82. The molecule has 0 heterocycles. The summed E-state index contributed by atoms with van der Waals surface area (Å²) in [6, 6.07) is 0. The molecule has 5 aliphatic rings. The van der Waals surface area contributed by atoms with E-state index in [1.54, 1.807) is 0 Å². The second-order valence-electron chi connectivity index (χ2n) is 14.5. The molecule has 5 saturated carbocycles. The van der Waals surface area contributed by atoms with Crippen molar-refractivity contribution in [2.45, 2.75) is 106 Å². The summed E-state index contributed by atoms with van der Waals surface area (Å²) in [6.07, 6.45) is 13.0. The normalized spacial score (nSPS) is 55.5. The van der Waals surface area contributed by atoms with Crippen LogP contribution < -0.4 is 0 Å². The monoisotopic (exact) mass is 428 g/mol. The van der Waals surface area contributed by atoms with E-state index in [-0.39, 0.29) is 0 Å². The molecule has 0 aromatic carbocycles. The molecule has 5 aliphatic carbocycles. The molecule has 1 nitrogen and oxygen atoms in total. The summed E-state index contributed by atoms with van der Waals surface area (Å²) < 4.78 is 0. The van der Waals surface area contributed by atoms with E-state index in [4.69, 9.17) is 0 Å². The third-order valence-corrected chi connectivity index (χ3v) is 13.5. The van der Waals surface area contributed by atoms with E-state index in [0.717, 1.165) is 53.3 Å². The Hall–Kier alpha value is -0.0400. The van der Waals surface area contributed by atoms with E-state index in [1.807, 2.05) is 0 Å². The average Bonchev–Trinajstić information content (AvgIpc) is 3.12. The van der Waals surface area contributed by atoms with Crippen molar-refractivity contribution in [2.24, 2.45) is 75.4 Å². The molecule has 12 atom stereocenters. The molecule has 0 aromatic heterocycles. The first kappa shape index (κ1) is 22.7. The van der Waals surface area contributed by atoms with Crippen LogP contribution in [-0.2, 0) is 0 Å². The first-order valence-electron chi connectivity index (χ1n) is 14.2. The summed E-state index contributed by atoms with van der Waals surface area (Å²) in [5, 5.41) is 9.98. The van der Waals surface area contributed by atoms with Crippen LogP contribution in [0.5, 0.6) is 0 Å². The largest absolute Gasteiger partial charge is 0.396 e. The summed E-state index contributed by atoms with van der Waals surface area (Å²) in [7, 11) is 0. The number of rotatable bonds is 5. The Bertz CT molecular complexity index is 684. The van der Waals surface area contributed by atoms with Gasteiger partial charge in [-0.25, -0.2) is 0 Å². The van der Waals surface area contributed by atoms with Crippen LogP contribution >= 0.6 is 0 Å². The number of fused-ring (bicyclic) bond motifs is 5. The first-order chi connectivity index (χ1) is 14.6. The summed E-state index contributed by atoms with van der Waals surface area (Å²) in [4.78, 5) is 0. The van der Waals surface area contributed by atoms with Gasteiger partial charge in [-0.05, 0) is 133 Å². The van der Waals surface area contributed by atoms with Gasteiger partial charge in [-0.1, -0.05) is 48.5 Å². The van der Waals surface area contributed by atoms with E-state index in [0.29, 0.717) is 28.8 Å². The zero-order valence-electron chi connectivity index (χ0n) is 21.8. The fourth-order valence-electron chi connectivity index (χ4n) is 11.2. The second-order valence-corrected chi connectivity index (χ2v) is 14.5. The van der Waals surface area contributed by atoms with Gasteiger partial charge in [-0.2, -0.15) is 0 Å². The number of aliphatic hydroxyl groups is 1. The van der Waals surface area contributed by atoms with Crippen molar-refractivity contribution >= 4 is 0 Å². The van der Waals surface area contributed by atoms with Crippen molar-refractivity contribution < 1.29 is 5.11 Å². The quantitative estimate of drug-likeness (QED) is 0.473. The molecule has 0 unspecified atom stereocenters. The van der Waals surface area contributed by atoms with Gasteiger partial charge in [-0.3, -0.25) is 0 Å². The molecule has 5 fully saturated rings. The van der Waals surface area contributed by atoms with E-state index in [9.17, 15) is 5.11 Å². The number of hydrogen-bond donors (Lipinski definition) is 1. The van der Waals surface area contributed by atoms with E-state index >= 15 is 0 Å². The predicted molar refractivity (Wildman–Crippen MR) is 131 cm³/mol. The van der Waals surface area contributed by atoms with Crippen molar-refractivity contribution in [2.75, 3.05) is 6.61 Å². The highest BCUT2D eigenvalue weighted by Crippen LogP contribution is 2.72. The van der Waals surface area contributed by atoms with Crippen LogP contribution in [0.1, 0.15) is 106 Å². The molecule has 5 rings (SSSR count).